The Labute approximate surface area is 122 Å². The normalized spacial score (nSPS) is 12.1. The van der Waals surface area contributed by atoms with Crippen LogP contribution in [0, 0.1) is 0 Å². The number of rotatable bonds is 3. The first kappa shape index (κ1) is 16.7. The van der Waals surface area contributed by atoms with Gasteiger partial charge in [0, 0.05) is 10.7 Å². The molecule has 0 fully saturated rings. The molecule has 0 unspecified atom stereocenters. The van der Waals surface area contributed by atoms with Crippen molar-refractivity contribution in [3.8, 4) is 0 Å². The van der Waals surface area contributed by atoms with Gasteiger partial charge in [-0.3, -0.25) is 5.32 Å². The molecule has 0 bridgehead atoms. The molecule has 0 radical (unpaired) electrons. The molecule has 112 valence electrons. The number of carbonyl (C=O) groups excluding carboxylic acids is 1. The molecule has 1 aromatic rings. The van der Waals surface area contributed by atoms with E-state index in [4.69, 9.17) is 16.3 Å². The SMILES string of the molecule is CC(C)(C)OC(=O)Nc1ccc(CS(=O)(=O)F)c(Cl)c1. The Morgan fingerprint density at radius 2 is 2.00 bits per heavy atom. The van der Waals surface area contributed by atoms with Crippen LogP contribution in [0.2, 0.25) is 5.02 Å². The molecule has 5 nitrogen and oxygen atoms in total. The van der Waals surface area contributed by atoms with Crippen LogP contribution in [0.25, 0.3) is 0 Å². The van der Waals surface area contributed by atoms with Crippen molar-refractivity contribution in [1.82, 2.24) is 0 Å². The molecule has 0 aliphatic carbocycles. The minimum atomic E-state index is -4.66. The Hall–Kier alpha value is -1.34. The molecule has 1 amide bonds. The minimum absolute atomic E-state index is 0.0415. The quantitative estimate of drug-likeness (QED) is 0.864. The van der Waals surface area contributed by atoms with E-state index in [0.717, 1.165) is 0 Å². The van der Waals surface area contributed by atoms with Gasteiger partial charge in [0.2, 0.25) is 0 Å². The second kappa shape index (κ2) is 5.97. The zero-order valence-electron chi connectivity index (χ0n) is 11.2. The van der Waals surface area contributed by atoms with Crippen LogP contribution in [0.5, 0.6) is 0 Å². The van der Waals surface area contributed by atoms with E-state index in [2.05, 4.69) is 5.32 Å². The van der Waals surface area contributed by atoms with Gasteiger partial charge in [-0.25, -0.2) is 4.79 Å². The number of nitrogens with one attached hydrogen (secondary N) is 1. The summed E-state index contributed by atoms with van der Waals surface area (Å²) < 4.78 is 38.7. The number of anilines is 1. The maximum atomic E-state index is 12.6. The summed E-state index contributed by atoms with van der Waals surface area (Å²) in [5, 5.41) is 2.48. The molecule has 1 N–H and O–H groups in total. The monoisotopic (exact) mass is 323 g/mol. The van der Waals surface area contributed by atoms with Crippen molar-refractivity contribution < 1.29 is 21.8 Å². The van der Waals surface area contributed by atoms with Gasteiger partial charge in [0.25, 0.3) is 0 Å². The van der Waals surface area contributed by atoms with Crippen molar-refractivity contribution in [1.29, 1.82) is 0 Å². The molecule has 0 spiro atoms. The van der Waals surface area contributed by atoms with Crippen LogP contribution in [0.3, 0.4) is 0 Å². The molecule has 0 saturated carbocycles. The van der Waals surface area contributed by atoms with Crippen LogP contribution in [0.1, 0.15) is 26.3 Å². The number of hydrogen-bond acceptors (Lipinski definition) is 4. The van der Waals surface area contributed by atoms with E-state index in [1.165, 1.54) is 18.2 Å². The van der Waals surface area contributed by atoms with Gasteiger partial charge >= 0.3 is 16.3 Å². The summed E-state index contributed by atoms with van der Waals surface area (Å²) in [5.74, 6) is -0.807. The van der Waals surface area contributed by atoms with E-state index >= 15 is 0 Å². The molecule has 0 heterocycles. The lowest BCUT2D eigenvalue weighted by Crippen LogP contribution is -2.27. The van der Waals surface area contributed by atoms with E-state index in [1.807, 2.05) is 0 Å². The average Bonchev–Trinajstić information content (AvgIpc) is 2.17. The summed E-state index contributed by atoms with van der Waals surface area (Å²) in [4.78, 5) is 11.5. The van der Waals surface area contributed by atoms with Gasteiger partial charge in [-0.05, 0) is 38.5 Å². The fraction of sp³-hybridized carbons (Fsp3) is 0.417. The molecule has 0 aromatic heterocycles. The van der Waals surface area contributed by atoms with Crippen molar-refractivity contribution in [2.45, 2.75) is 32.1 Å². The third-order valence-electron chi connectivity index (χ3n) is 2.03. The average molecular weight is 324 g/mol. The zero-order chi connectivity index (χ0) is 15.6. The summed E-state index contributed by atoms with van der Waals surface area (Å²) in [7, 11) is -4.66. The molecule has 0 aliphatic heterocycles. The molecular formula is C12H15ClFNO4S. The fourth-order valence-corrected chi connectivity index (χ4v) is 2.30. The van der Waals surface area contributed by atoms with Gasteiger partial charge in [0.15, 0.2) is 0 Å². The maximum Gasteiger partial charge on any atom is 0.412 e. The summed E-state index contributed by atoms with van der Waals surface area (Å²) in [6.07, 6.45) is -0.667. The van der Waals surface area contributed by atoms with Gasteiger partial charge in [-0.2, -0.15) is 8.42 Å². The Balaban J connectivity index is 2.80. The highest BCUT2D eigenvalue weighted by molar-refractivity contribution is 7.85. The maximum absolute atomic E-state index is 12.6. The van der Waals surface area contributed by atoms with Gasteiger partial charge in [0.05, 0.1) is 0 Å². The highest BCUT2D eigenvalue weighted by Gasteiger charge is 2.17. The van der Waals surface area contributed by atoms with Crippen LogP contribution in [0.4, 0.5) is 14.4 Å². The predicted molar refractivity (Wildman–Crippen MR) is 75.0 cm³/mol. The largest absolute Gasteiger partial charge is 0.444 e. The number of benzene rings is 1. The van der Waals surface area contributed by atoms with Crippen LogP contribution in [-0.2, 0) is 20.7 Å². The lowest BCUT2D eigenvalue weighted by Gasteiger charge is -2.19. The van der Waals surface area contributed by atoms with Crippen molar-refractivity contribution >= 4 is 33.6 Å². The molecule has 0 aliphatic rings. The van der Waals surface area contributed by atoms with Crippen molar-refractivity contribution in [3.63, 3.8) is 0 Å². The Morgan fingerprint density at radius 3 is 2.45 bits per heavy atom. The molecule has 0 saturated heterocycles. The Morgan fingerprint density at radius 1 is 1.40 bits per heavy atom. The van der Waals surface area contributed by atoms with Crippen LogP contribution < -0.4 is 5.32 Å². The van der Waals surface area contributed by atoms with Crippen LogP contribution in [-0.4, -0.2) is 20.1 Å². The van der Waals surface area contributed by atoms with Crippen molar-refractivity contribution in [2.24, 2.45) is 0 Å². The number of ether oxygens (including phenoxy) is 1. The Bertz CT molecular complexity index is 610. The van der Waals surface area contributed by atoms with Gasteiger partial charge in [-0.1, -0.05) is 17.7 Å². The molecular weight excluding hydrogens is 309 g/mol. The summed E-state index contributed by atoms with van der Waals surface area (Å²) in [6, 6.07) is 4.06. The Kier molecular flexibility index (Phi) is 4.99. The molecule has 0 atom stereocenters. The highest BCUT2D eigenvalue weighted by Crippen LogP contribution is 2.23. The predicted octanol–water partition coefficient (Wildman–Crippen LogP) is 3.49. The second-order valence-corrected chi connectivity index (χ2v) is 6.89. The third-order valence-corrected chi connectivity index (χ3v) is 3.03. The number of halogens is 2. The zero-order valence-corrected chi connectivity index (χ0v) is 12.8. The molecule has 1 rings (SSSR count). The number of carbonyl (C=O) groups is 1. The topological polar surface area (TPSA) is 72.5 Å². The van der Waals surface area contributed by atoms with E-state index in [1.54, 1.807) is 20.8 Å². The number of amides is 1. The first-order valence-electron chi connectivity index (χ1n) is 5.67. The second-order valence-electron chi connectivity index (χ2n) is 5.12. The third kappa shape index (κ3) is 6.21. The smallest absolute Gasteiger partial charge is 0.412 e. The van der Waals surface area contributed by atoms with Gasteiger partial charge in [-0.15, -0.1) is 3.89 Å². The van der Waals surface area contributed by atoms with E-state index in [0.29, 0.717) is 5.69 Å². The lowest BCUT2D eigenvalue weighted by atomic mass is 10.2. The highest BCUT2D eigenvalue weighted by atomic mass is 35.5. The number of hydrogen-bond donors (Lipinski definition) is 1. The standard InChI is InChI=1S/C12H15ClFNO4S/c1-12(2,3)19-11(16)15-9-5-4-8(10(13)6-9)7-20(14,17)18/h4-6H,7H2,1-3H3,(H,15,16). The van der Waals surface area contributed by atoms with Crippen LogP contribution >= 0.6 is 11.6 Å². The van der Waals surface area contributed by atoms with Gasteiger partial charge < -0.3 is 4.74 Å². The van der Waals surface area contributed by atoms with E-state index in [-0.39, 0.29) is 10.6 Å². The summed E-state index contributed by atoms with van der Waals surface area (Å²) in [6.45, 7) is 5.15. The van der Waals surface area contributed by atoms with E-state index in [9.17, 15) is 17.1 Å². The lowest BCUT2D eigenvalue weighted by molar-refractivity contribution is 0.0636. The molecule has 1 aromatic carbocycles. The van der Waals surface area contributed by atoms with Crippen molar-refractivity contribution in [2.75, 3.05) is 5.32 Å². The van der Waals surface area contributed by atoms with Crippen LogP contribution in [0.15, 0.2) is 18.2 Å². The van der Waals surface area contributed by atoms with Crippen molar-refractivity contribution in [3.05, 3.63) is 28.8 Å². The van der Waals surface area contributed by atoms with E-state index < -0.39 is 27.7 Å². The first-order valence-corrected chi connectivity index (χ1v) is 7.60. The molecule has 8 heteroatoms. The summed E-state index contributed by atoms with van der Waals surface area (Å²) in [5.41, 5.74) is -0.205. The first-order chi connectivity index (χ1) is 8.96. The minimum Gasteiger partial charge on any atom is -0.444 e. The summed E-state index contributed by atoms with van der Waals surface area (Å²) >= 11 is 5.83. The fourth-order valence-electron chi connectivity index (χ4n) is 1.35. The van der Waals surface area contributed by atoms with Gasteiger partial charge in [0.1, 0.15) is 11.4 Å². The molecule has 20 heavy (non-hydrogen) atoms.